The Hall–Kier alpha value is -1.16. The summed E-state index contributed by atoms with van der Waals surface area (Å²) >= 11 is 5.01. The van der Waals surface area contributed by atoms with Crippen molar-refractivity contribution in [3.8, 4) is 0 Å². The van der Waals surface area contributed by atoms with Crippen molar-refractivity contribution in [3.63, 3.8) is 0 Å². The van der Waals surface area contributed by atoms with Crippen molar-refractivity contribution in [2.45, 2.75) is 26.2 Å². The van der Waals surface area contributed by atoms with Crippen LogP contribution in [0.25, 0.3) is 0 Å². The maximum Gasteiger partial charge on any atom is 0.124 e. The maximum atomic E-state index is 13.3. The first-order valence-electron chi connectivity index (χ1n) is 6.46. The molecule has 0 spiro atoms. The molecule has 1 aliphatic rings. The standard InChI is InChI=1S/C14H19FN2S/c1-2-3-10-6-7-17(9-10)13-5-4-11(15)8-12(13)14(16)18/h4-5,8,10H,2-3,6-7,9H2,1H3,(H2,16,18). The van der Waals surface area contributed by atoms with E-state index in [0.717, 1.165) is 24.7 Å². The molecule has 1 fully saturated rings. The minimum Gasteiger partial charge on any atom is -0.389 e. The minimum absolute atomic E-state index is 0.267. The Balaban J connectivity index is 2.21. The lowest BCUT2D eigenvalue weighted by molar-refractivity contribution is 0.530. The third kappa shape index (κ3) is 2.80. The Labute approximate surface area is 113 Å². The quantitative estimate of drug-likeness (QED) is 0.849. The van der Waals surface area contributed by atoms with Gasteiger partial charge in [0.05, 0.1) is 0 Å². The molecule has 0 amide bonds. The molecule has 1 saturated heterocycles. The van der Waals surface area contributed by atoms with Crippen molar-refractivity contribution in [2.75, 3.05) is 18.0 Å². The second kappa shape index (κ2) is 5.65. The molecule has 0 aromatic heterocycles. The average Bonchev–Trinajstić information content (AvgIpc) is 2.78. The van der Waals surface area contributed by atoms with E-state index in [9.17, 15) is 4.39 Å². The summed E-state index contributed by atoms with van der Waals surface area (Å²) in [5, 5.41) is 0. The molecule has 1 aromatic carbocycles. The summed E-state index contributed by atoms with van der Waals surface area (Å²) in [6.45, 7) is 4.24. The van der Waals surface area contributed by atoms with Crippen LogP contribution in [0.15, 0.2) is 18.2 Å². The predicted octanol–water partition coefficient (Wildman–Crippen LogP) is 3.09. The van der Waals surface area contributed by atoms with Gasteiger partial charge in [-0.15, -0.1) is 0 Å². The van der Waals surface area contributed by atoms with Crippen LogP contribution in [0, 0.1) is 11.7 Å². The summed E-state index contributed by atoms with van der Waals surface area (Å²) in [6, 6.07) is 4.70. The lowest BCUT2D eigenvalue weighted by Gasteiger charge is -2.21. The number of halogens is 1. The normalized spacial score (nSPS) is 19.2. The lowest BCUT2D eigenvalue weighted by atomic mass is 10.0. The van der Waals surface area contributed by atoms with Gasteiger partial charge in [0.15, 0.2) is 0 Å². The van der Waals surface area contributed by atoms with Gasteiger partial charge >= 0.3 is 0 Å². The Bertz CT molecular complexity index is 447. The monoisotopic (exact) mass is 266 g/mol. The molecule has 0 radical (unpaired) electrons. The number of thiocarbonyl (C=S) groups is 1. The summed E-state index contributed by atoms with van der Waals surface area (Å²) in [5.41, 5.74) is 7.31. The molecule has 2 nitrogen and oxygen atoms in total. The second-order valence-corrected chi connectivity index (χ2v) is 5.35. The first kappa shape index (κ1) is 13.3. The summed E-state index contributed by atoms with van der Waals surface area (Å²) in [7, 11) is 0. The van der Waals surface area contributed by atoms with E-state index >= 15 is 0 Å². The second-order valence-electron chi connectivity index (χ2n) is 4.92. The van der Waals surface area contributed by atoms with Gasteiger partial charge in [0.1, 0.15) is 10.8 Å². The van der Waals surface area contributed by atoms with Crippen LogP contribution in [0.4, 0.5) is 10.1 Å². The van der Waals surface area contributed by atoms with Crippen molar-refractivity contribution >= 4 is 22.9 Å². The van der Waals surface area contributed by atoms with Gasteiger partial charge in [-0.25, -0.2) is 4.39 Å². The molecule has 1 heterocycles. The van der Waals surface area contributed by atoms with Crippen molar-refractivity contribution in [2.24, 2.45) is 11.7 Å². The number of rotatable bonds is 4. The molecule has 1 aliphatic heterocycles. The smallest absolute Gasteiger partial charge is 0.124 e. The third-order valence-corrected chi connectivity index (χ3v) is 3.77. The number of hydrogen-bond acceptors (Lipinski definition) is 2. The van der Waals surface area contributed by atoms with Gasteiger partial charge in [-0.05, 0) is 37.0 Å². The highest BCUT2D eigenvalue weighted by Crippen LogP contribution is 2.29. The van der Waals surface area contributed by atoms with Gasteiger partial charge in [-0.1, -0.05) is 25.6 Å². The van der Waals surface area contributed by atoms with E-state index in [1.54, 1.807) is 6.07 Å². The Morgan fingerprint density at radius 3 is 3.00 bits per heavy atom. The molecular weight excluding hydrogens is 247 g/mol. The first-order chi connectivity index (χ1) is 8.61. The number of hydrogen-bond donors (Lipinski definition) is 1. The van der Waals surface area contributed by atoms with Gasteiger partial charge in [0, 0.05) is 24.3 Å². The van der Waals surface area contributed by atoms with Gasteiger partial charge in [0.2, 0.25) is 0 Å². The first-order valence-corrected chi connectivity index (χ1v) is 6.87. The Morgan fingerprint density at radius 1 is 1.56 bits per heavy atom. The van der Waals surface area contributed by atoms with Gasteiger partial charge < -0.3 is 10.6 Å². The molecular formula is C14H19FN2S. The number of anilines is 1. The van der Waals surface area contributed by atoms with E-state index in [4.69, 9.17) is 18.0 Å². The number of benzene rings is 1. The SMILES string of the molecule is CCCC1CCN(c2ccc(F)cc2C(N)=S)C1. The van der Waals surface area contributed by atoms with Gasteiger partial charge in [0.25, 0.3) is 0 Å². The molecule has 98 valence electrons. The molecule has 1 atom stereocenters. The van der Waals surface area contributed by atoms with Crippen LogP contribution < -0.4 is 10.6 Å². The number of nitrogens with two attached hydrogens (primary N) is 1. The van der Waals surface area contributed by atoms with Crippen LogP contribution in [-0.2, 0) is 0 Å². The molecule has 4 heteroatoms. The molecule has 2 rings (SSSR count). The molecule has 18 heavy (non-hydrogen) atoms. The zero-order chi connectivity index (χ0) is 13.1. The van der Waals surface area contributed by atoms with Crippen LogP contribution >= 0.6 is 12.2 Å². The Morgan fingerprint density at radius 2 is 2.33 bits per heavy atom. The fourth-order valence-corrected chi connectivity index (χ4v) is 2.84. The highest BCUT2D eigenvalue weighted by atomic mass is 32.1. The van der Waals surface area contributed by atoms with Crippen molar-refractivity contribution in [1.82, 2.24) is 0 Å². The number of nitrogens with zero attached hydrogens (tertiary/aromatic N) is 1. The minimum atomic E-state index is -0.286. The van der Waals surface area contributed by atoms with Crippen molar-refractivity contribution in [1.29, 1.82) is 0 Å². The average molecular weight is 266 g/mol. The Kier molecular flexibility index (Phi) is 4.17. The maximum absolute atomic E-state index is 13.3. The molecule has 0 aliphatic carbocycles. The summed E-state index contributed by atoms with van der Waals surface area (Å²) in [4.78, 5) is 2.54. The lowest BCUT2D eigenvalue weighted by Crippen LogP contribution is -2.24. The van der Waals surface area contributed by atoms with Crippen molar-refractivity contribution in [3.05, 3.63) is 29.6 Å². The van der Waals surface area contributed by atoms with E-state index < -0.39 is 0 Å². The zero-order valence-electron chi connectivity index (χ0n) is 10.7. The summed E-state index contributed by atoms with van der Waals surface area (Å²) in [6.07, 6.45) is 3.66. The van der Waals surface area contributed by atoms with Crippen molar-refractivity contribution < 1.29 is 4.39 Å². The van der Waals surface area contributed by atoms with Gasteiger partial charge in [-0.3, -0.25) is 0 Å². The highest BCUT2D eigenvalue weighted by molar-refractivity contribution is 7.80. The molecule has 0 bridgehead atoms. The largest absolute Gasteiger partial charge is 0.389 e. The highest BCUT2D eigenvalue weighted by Gasteiger charge is 2.24. The fourth-order valence-electron chi connectivity index (χ4n) is 2.68. The summed E-state index contributed by atoms with van der Waals surface area (Å²) < 4.78 is 13.3. The van der Waals surface area contributed by atoms with E-state index in [0.29, 0.717) is 5.56 Å². The molecule has 2 N–H and O–H groups in total. The van der Waals surface area contributed by atoms with Crippen LogP contribution in [0.2, 0.25) is 0 Å². The van der Waals surface area contributed by atoms with E-state index in [1.807, 2.05) is 0 Å². The zero-order valence-corrected chi connectivity index (χ0v) is 11.5. The van der Waals surface area contributed by atoms with Crippen LogP contribution in [0.1, 0.15) is 31.7 Å². The van der Waals surface area contributed by atoms with E-state index in [-0.39, 0.29) is 10.8 Å². The molecule has 0 saturated carbocycles. The van der Waals surface area contributed by atoms with Gasteiger partial charge in [-0.2, -0.15) is 0 Å². The fraction of sp³-hybridized carbons (Fsp3) is 0.500. The van der Waals surface area contributed by atoms with Crippen LogP contribution in [0.3, 0.4) is 0 Å². The van der Waals surface area contributed by atoms with E-state index in [2.05, 4.69) is 11.8 Å². The predicted molar refractivity (Wildman–Crippen MR) is 77.5 cm³/mol. The van der Waals surface area contributed by atoms with Crippen LogP contribution in [0.5, 0.6) is 0 Å². The van der Waals surface area contributed by atoms with Crippen LogP contribution in [-0.4, -0.2) is 18.1 Å². The third-order valence-electron chi connectivity index (χ3n) is 3.55. The molecule has 1 unspecified atom stereocenters. The topological polar surface area (TPSA) is 29.3 Å². The van der Waals surface area contributed by atoms with E-state index in [1.165, 1.54) is 31.4 Å². The molecule has 1 aromatic rings. The summed E-state index contributed by atoms with van der Waals surface area (Å²) in [5.74, 6) is 0.449.